The smallest absolute Gasteiger partial charge is 0.257 e. The molecule has 0 aliphatic carbocycles. The number of aromatic nitrogens is 1. The van der Waals surface area contributed by atoms with Crippen LogP contribution in [0.5, 0.6) is 0 Å². The van der Waals surface area contributed by atoms with Crippen molar-refractivity contribution in [2.24, 2.45) is 0 Å². The SMILES string of the molecule is Cc1cc(Cl)cc2sc(NC(=O)c3ccc(S(=O)(=O)N(C)CC4CCCO4)cc3)nc12. The van der Waals surface area contributed by atoms with E-state index in [9.17, 15) is 13.2 Å². The number of hydrogen-bond donors (Lipinski definition) is 1. The van der Waals surface area contributed by atoms with Crippen molar-refractivity contribution in [3.8, 4) is 0 Å². The first kappa shape index (κ1) is 22.2. The maximum atomic E-state index is 12.8. The maximum absolute atomic E-state index is 12.8. The molecule has 1 aromatic heterocycles. The van der Waals surface area contributed by atoms with Gasteiger partial charge in [-0.1, -0.05) is 22.9 Å². The number of sulfonamides is 1. The summed E-state index contributed by atoms with van der Waals surface area (Å²) in [6.07, 6.45) is 1.73. The number of nitrogens with zero attached hydrogens (tertiary/aromatic N) is 2. The van der Waals surface area contributed by atoms with Crippen LogP contribution in [0.3, 0.4) is 0 Å². The Labute approximate surface area is 190 Å². The van der Waals surface area contributed by atoms with Gasteiger partial charge in [-0.3, -0.25) is 10.1 Å². The van der Waals surface area contributed by atoms with Crippen molar-refractivity contribution in [1.29, 1.82) is 0 Å². The quantitative estimate of drug-likeness (QED) is 0.569. The number of aryl methyl sites for hydroxylation is 1. The van der Waals surface area contributed by atoms with E-state index in [1.165, 1.54) is 39.9 Å². The van der Waals surface area contributed by atoms with Crippen molar-refractivity contribution >= 4 is 54.2 Å². The largest absolute Gasteiger partial charge is 0.377 e. The summed E-state index contributed by atoms with van der Waals surface area (Å²) in [6.45, 7) is 2.89. The Hall–Kier alpha value is -2.04. The van der Waals surface area contributed by atoms with E-state index in [0.29, 0.717) is 28.9 Å². The van der Waals surface area contributed by atoms with Crippen LogP contribution in [0.1, 0.15) is 28.8 Å². The Morgan fingerprint density at radius 2 is 2.06 bits per heavy atom. The van der Waals surface area contributed by atoms with Crippen LogP contribution in [0, 0.1) is 6.92 Å². The average molecular weight is 480 g/mol. The third-order valence-electron chi connectivity index (χ3n) is 5.18. The number of halogens is 1. The zero-order valence-electron chi connectivity index (χ0n) is 17.1. The third-order valence-corrected chi connectivity index (χ3v) is 8.15. The van der Waals surface area contributed by atoms with Gasteiger partial charge in [-0.15, -0.1) is 0 Å². The van der Waals surface area contributed by atoms with Gasteiger partial charge in [0.15, 0.2) is 5.13 Å². The molecule has 31 heavy (non-hydrogen) atoms. The van der Waals surface area contributed by atoms with Crippen molar-refractivity contribution in [1.82, 2.24) is 9.29 Å². The fraction of sp³-hybridized carbons (Fsp3) is 0.333. The predicted octanol–water partition coefficient (Wildman–Crippen LogP) is 4.31. The third kappa shape index (κ3) is 4.75. The maximum Gasteiger partial charge on any atom is 0.257 e. The second kappa shape index (κ2) is 8.84. The van der Waals surface area contributed by atoms with Gasteiger partial charge in [0, 0.05) is 30.8 Å². The predicted molar refractivity (Wildman–Crippen MR) is 123 cm³/mol. The number of amides is 1. The molecular formula is C21H22ClN3O4S2. The van der Waals surface area contributed by atoms with Gasteiger partial charge in [-0.2, -0.15) is 4.31 Å². The van der Waals surface area contributed by atoms with Crippen molar-refractivity contribution in [3.05, 3.63) is 52.5 Å². The molecule has 1 N–H and O–H groups in total. The molecule has 0 radical (unpaired) electrons. The molecule has 0 saturated carbocycles. The lowest BCUT2D eigenvalue weighted by Crippen LogP contribution is -2.34. The lowest BCUT2D eigenvalue weighted by Gasteiger charge is -2.20. The molecule has 2 aromatic carbocycles. The molecule has 1 unspecified atom stereocenters. The molecule has 1 amide bonds. The van der Waals surface area contributed by atoms with Gasteiger partial charge >= 0.3 is 0 Å². The first-order valence-electron chi connectivity index (χ1n) is 9.80. The topological polar surface area (TPSA) is 88.6 Å². The van der Waals surface area contributed by atoms with Crippen LogP contribution in [-0.4, -0.2) is 49.9 Å². The number of ether oxygens (including phenoxy) is 1. The number of rotatable bonds is 6. The Bertz CT molecular complexity index is 1220. The van der Waals surface area contributed by atoms with E-state index in [1.54, 1.807) is 7.05 Å². The molecule has 1 aliphatic heterocycles. The first-order valence-corrected chi connectivity index (χ1v) is 12.4. The molecule has 1 saturated heterocycles. The molecule has 1 aliphatic rings. The summed E-state index contributed by atoms with van der Waals surface area (Å²) in [4.78, 5) is 17.2. The normalized spacial score (nSPS) is 16.8. The Balaban J connectivity index is 1.47. The molecule has 3 aromatic rings. The zero-order chi connectivity index (χ0) is 22.2. The molecule has 10 heteroatoms. The number of hydrogen-bond acceptors (Lipinski definition) is 6. The van der Waals surface area contributed by atoms with Gasteiger partial charge in [-0.05, 0) is 61.7 Å². The number of benzene rings is 2. The Kier molecular flexibility index (Phi) is 6.32. The lowest BCUT2D eigenvalue weighted by atomic mass is 10.2. The summed E-state index contributed by atoms with van der Waals surface area (Å²) in [6, 6.07) is 9.51. The number of carbonyl (C=O) groups is 1. The van der Waals surface area contributed by atoms with Gasteiger partial charge in [0.2, 0.25) is 10.0 Å². The number of carbonyl (C=O) groups excluding carboxylic acids is 1. The van der Waals surface area contributed by atoms with E-state index in [0.717, 1.165) is 28.6 Å². The summed E-state index contributed by atoms with van der Waals surface area (Å²) >= 11 is 7.42. The van der Waals surface area contributed by atoms with Gasteiger partial charge in [0.1, 0.15) is 0 Å². The van der Waals surface area contributed by atoms with Crippen LogP contribution in [0.15, 0.2) is 41.3 Å². The zero-order valence-corrected chi connectivity index (χ0v) is 19.5. The number of fused-ring (bicyclic) bond motifs is 1. The number of thiazole rings is 1. The van der Waals surface area contributed by atoms with Gasteiger partial charge < -0.3 is 4.74 Å². The number of nitrogens with one attached hydrogen (secondary N) is 1. The van der Waals surface area contributed by atoms with Gasteiger partial charge in [0.05, 0.1) is 21.2 Å². The Morgan fingerprint density at radius 1 is 1.32 bits per heavy atom. The molecule has 1 atom stereocenters. The highest BCUT2D eigenvalue weighted by Gasteiger charge is 2.26. The summed E-state index contributed by atoms with van der Waals surface area (Å²) in [5, 5.41) is 3.85. The standard InChI is InChI=1S/C21H22ClN3O4S2/c1-13-10-15(22)11-18-19(13)23-21(30-18)24-20(26)14-5-7-17(8-6-14)31(27,28)25(2)12-16-4-3-9-29-16/h5-8,10-11,16H,3-4,9,12H2,1-2H3,(H,23,24,26). The van der Waals surface area contributed by atoms with Crippen LogP contribution in [-0.2, 0) is 14.8 Å². The van der Waals surface area contributed by atoms with E-state index in [4.69, 9.17) is 16.3 Å². The fourth-order valence-electron chi connectivity index (χ4n) is 3.51. The Morgan fingerprint density at radius 3 is 2.74 bits per heavy atom. The summed E-state index contributed by atoms with van der Waals surface area (Å²) in [5.74, 6) is -0.362. The van der Waals surface area contributed by atoms with Crippen LogP contribution < -0.4 is 5.32 Å². The minimum atomic E-state index is -3.66. The second-order valence-corrected chi connectivity index (χ2v) is 11.0. The summed E-state index contributed by atoms with van der Waals surface area (Å²) < 4.78 is 33.3. The lowest BCUT2D eigenvalue weighted by molar-refractivity contribution is 0.0979. The molecule has 0 spiro atoms. The van der Waals surface area contributed by atoms with Crippen molar-refractivity contribution < 1.29 is 17.9 Å². The van der Waals surface area contributed by atoms with Gasteiger partial charge in [0.25, 0.3) is 5.91 Å². The summed E-state index contributed by atoms with van der Waals surface area (Å²) in [5.41, 5.74) is 2.07. The minimum absolute atomic E-state index is 0.0721. The van der Waals surface area contributed by atoms with E-state index >= 15 is 0 Å². The molecule has 4 rings (SSSR count). The highest BCUT2D eigenvalue weighted by atomic mass is 35.5. The van der Waals surface area contributed by atoms with Crippen molar-refractivity contribution in [3.63, 3.8) is 0 Å². The highest BCUT2D eigenvalue weighted by molar-refractivity contribution is 7.89. The van der Waals surface area contributed by atoms with Crippen molar-refractivity contribution in [2.45, 2.75) is 30.8 Å². The molecule has 0 bridgehead atoms. The monoisotopic (exact) mass is 479 g/mol. The van der Waals surface area contributed by atoms with E-state index < -0.39 is 10.0 Å². The molecule has 164 valence electrons. The van der Waals surface area contributed by atoms with E-state index in [1.807, 2.05) is 19.1 Å². The first-order chi connectivity index (χ1) is 14.7. The molecule has 2 heterocycles. The van der Waals surface area contributed by atoms with Crippen molar-refractivity contribution in [2.75, 3.05) is 25.5 Å². The van der Waals surface area contributed by atoms with Crippen LogP contribution >= 0.6 is 22.9 Å². The molecule has 1 fully saturated rings. The van der Waals surface area contributed by atoms with E-state index in [-0.39, 0.29) is 16.9 Å². The van der Waals surface area contributed by atoms with Crippen LogP contribution in [0.4, 0.5) is 5.13 Å². The van der Waals surface area contributed by atoms with E-state index in [2.05, 4.69) is 10.3 Å². The number of likely N-dealkylation sites (N-methyl/N-ethyl adjacent to an activating group) is 1. The highest BCUT2D eigenvalue weighted by Crippen LogP contribution is 2.31. The van der Waals surface area contributed by atoms with Crippen LogP contribution in [0.2, 0.25) is 5.02 Å². The molecular weight excluding hydrogens is 458 g/mol. The van der Waals surface area contributed by atoms with Crippen LogP contribution in [0.25, 0.3) is 10.2 Å². The average Bonchev–Trinajstić information content (AvgIpc) is 3.37. The van der Waals surface area contributed by atoms with Gasteiger partial charge in [-0.25, -0.2) is 13.4 Å². The summed E-state index contributed by atoms with van der Waals surface area (Å²) in [7, 11) is -2.11. The number of anilines is 1. The molecule has 7 nitrogen and oxygen atoms in total. The second-order valence-electron chi connectivity index (χ2n) is 7.49. The minimum Gasteiger partial charge on any atom is -0.377 e. The fourth-order valence-corrected chi connectivity index (χ4v) is 6.03.